The van der Waals surface area contributed by atoms with Crippen molar-refractivity contribution in [3.63, 3.8) is 0 Å². The first kappa shape index (κ1) is 19.8. The van der Waals surface area contributed by atoms with Crippen molar-refractivity contribution in [2.24, 2.45) is 0 Å². The molecule has 2 rings (SSSR count). The molecule has 0 aliphatic rings. The molecule has 0 fully saturated rings. The molecule has 2 amide bonds. The topological polar surface area (TPSA) is 58.6 Å². The summed E-state index contributed by atoms with van der Waals surface area (Å²) in [5.41, 5.74) is 3.46. The smallest absolute Gasteiger partial charge is 0.240 e. The minimum atomic E-state index is -0.254. The molecule has 0 spiro atoms. The van der Waals surface area contributed by atoms with Gasteiger partial charge in [-0.25, -0.2) is 0 Å². The van der Waals surface area contributed by atoms with Gasteiger partial charge in [-0.1, -0.05) is 41.4 Å². The fourth-order valence-corrected chi connectivity index (χ4v) is 2.76. The second-order valence-corrected chi connectivity index (χ2v) is 6.55. The molecule has 0 bridgehead atoms. The molecule has 0 atom stereocenters. The van der Waals surface area contributed by atoms with Gasteiger partial charge < -0.3 is 10.1 Å². The summed E-state index contributed by atoms with van der Waals surface area (Å²) in [6.45, 7) is 5.55. The second-order valence-electron chi connectivity index (χ2n) is 6.14. The summed E-state index contributed by atoms with van der Waals surface area (Å²) in [6.07, 6.45) is 0. The highest BCUT2D eigenvalue weighted by atomic mass is 35.5. The molecular formula is C20H23ClN2O3. The Morgan fingerprint density at radius 3 is 2.54 bits per heavy atom. The normalized spacial score (nSPS) is 10.3. The molecule has 0 heterocycles. The van der Waals surface area contributed by atoms with Gasteiger partial charge in [-0.15, -0.1) is 0 Å². The van der Waals surface area contributed by atoms with Crippen molar-refractivity contribution < 1.29 is 14.3 Å². The Bertz CT molecular complexity index is 821. The van der Waals surface area contributed by atoms with E-state index in [1.165, 1.54) is 18.9 Å². The number of halogens is 1. The number of rotatable bonds is 6. The lowest BCUT2D eigenvalue weighted by atomic mass is 10.1. The highest BCUT2D eigenvalue weighted by Gasteiger charge is 2.20. The van der Waals surface area contributed by atoms with Gasteiger partial charge in [-0.3, -0.25) is 14.5 Å². The maximum absolute atomic E-state index is 12.4. The van der Waals surface area contributed by atoms with Crippen LogP contribution in [-0.4, -0.2) is 25.5 Å². The Balaban J connectivity index is 2.14. The molecule has 0 saturated carbocycles. The molecule has 0 aliphatic carbocycles. The van der Waals surface area contributed by atoms with Crippen LogP contribution in [0.5, 0.6) is 5.75 Å². The summed E-state index contributed by atoms with van der Waals surface area (Å²) in [5, 5.41) is 3.38. The number of anilines is 1. The fourth-order valence-electron chi connectivity index (χ4n) is 2.61. The van der Waals surface area contributed by atoms with E-state index >= 15 is 0 Å². The van der Waals surface area contributed by atoms with E-state index in [4.69, 9.17) is 16.3 Å². The number of carbonyl (C=O) groups is 2. The first-order valence-electron chi connectivity index (χ1n) is 8.26. The molecule has 5 nitrogen and oxygen atoms in total. The van der Waals surface area contributed by atoms with Crippen molar-refractivity contribution >= 4 is 29.1 Å². The van der Waals surface area contributed by atoms with E-state index in [-0.39, 0.29) is 18.4 Å². The predicted molar refractivity (Wildman–Crippen MR) is 104 cm³/mol. The Kier molecular flexibility index (Phi) is 6.64. The molecule has 0 saturated heterocycles. The lowest BCUT2D eigenvalue weighted by Gasteiger charge is -2.23. The maximum atomic E-state index is 12.4. The van der Waals surface area contributed by atoms with Crippen molar-refractivity contribution in [2.45, 2.75) is 27.3 Å². The first-order chi connectivity index (χ1) is 12.3. The number of aryl methyl sites for hydroxylation is 2. The third kappa shape index (κ3) is 4.99. The van der Waals surface area contributed by atoms with E-state index in [2.05, 4.69) is 5.32 Å². The molecular weight excluding hydrogens is 352 g/mol. The highest BCUT2D eigenvalue weighted by molar-refractivity contribution is 6.31. The number of hydrogen-bond acceptors (Lipinski definition) is 3. The number of hydrogen-bond donors (Lipinski definition) is 1. The van der Waals surface area contributed by atoms with Gasteiger partial charge in [0.15, 0.2) is 0 Å². The summed E-state index contributed by atoms with van der Waals surface area (Å²) in [5.74, 6) is -0.0608. The first-order valence-corrected chi connectivity index (χ1v) is 8.64. The molecule has 0 aliphatic heterocycles. The van der Waals surface area contributed by atoms with Crippen molar-refractivity contribution in [1.29, 1.82) is 0 Å². The monoisotopic (exact) mass is 374 g/mol. The summed E-state index contributed by atoms with van der Waals surface area (Å²) >= 11 is 6.12. The van der Waals surface area contributed by atoms with Crippen LogP contribution in [0.2, 0.25) is 5.02 Å². The quantitative estimate of drug-likeness (QED) is 0.839. The summed E-state index contributed by atoms with van der Waals surface area (Å²) < 4.78 is 5.33. The van der Waals surface area contributed by atoms with Crippen LogP contribution in [-0.2, 0) is 16.1 Å². The number of nitrogens with zero attached hydrogens (tertiary/aromatic N) is 1. The van der Waals surface area contributed by atoms with E-state index in [0.717, 1.165) is 16.7 Å². The molecule has 26 heavy (non-hydrogen) atoms. The van der Waals surface area contributed by atoms with Crippen LogP contribution in [0.1, 0.15) is 23.6 Å². The zero-order chi connectivity index (χ0) is 19.3. The number of benzene rings is 2. The Morgan fingerprint density at radius 1 is 1.19 bits per heavy atom. The average molecular weight is 375 g/mol. The summed E-state index contributed by atoms with van der Waals surface area (Å²) in [4.78, 5) is 25.9. The van der Waals surface area contributed by atoms with Crippen molar-refractivity contribution in [2.75, 3.05) is 18.6 Å². The van der Waals surface area contributed by atoms with E-state index in [1.807, 2.05) is 38.1 Å². The van der Waals surface area contributed by atoms with Gasteiger partial charge in [-0.2, -0.15) is 0 Å². The SMILES string of the molecule is COc1cc(Cl)c(C)cc1N(CC(=O)NCc1cccc(C)c1)C(C)=O. The number of nitrogens with one attached hydrogen (secondary N) is 1. The third-order valence-corrected chi connectivity index (χ3v) is 4.41. The van der Waals surface area contributed by atoms with Gasteiger partial charge in [0.05, 0.1) is 12.8 Å². The van der Waals surface area contributed by atoms with Crippen LogP contribution in [0, 0.1) is 13.8 Å². The third-order valence-electron chi connectivity index (χ3n) is 4.00. The Morgan fingerprint density at radius 2 is 1.92 bits per heavy atom. The molecule has 138 valence electrons. The van der Waals surface area contributed by atoms with Gasteiger partial charge in [0.1, 0.15) is 12.3 Å². The van der Waals surface area contributed by atoms with Crippen LogP contribution in [0.3, 0.4) is 0 Å². The van der Waals surface area contributed by atoms with Crippen LogP contribution in [0.4, 0.5) is 5.69 Å². The van der Waals surface area contributed by atoms with Gasteiger partial charge in [-0.05, 0) is 31.0 Å². The minimum absolute atomic E-state index is 0.0986. The molecule has 2 aromatic carbocycles. The standard InChI is InChI=1S/C20H23ClN2O3/c1-13-6-5-7-16(8-13)11-22-20(25)12-23(15(3)24)18-9-14(2)17(21)10-19(18)26-4/h5-10H,11-12H2,1-4H3,(H,22,25). The number of carbonyl (C=O) groups excluding carboxylic acids is 2. The number of amides is 2. The largest absolute Gasteiger partial charge is 0.495 e. The van der Waals surface area contributed by atoms with Gasteiger partial charge >= 0.3 is 0 Å². The van der Waals surface area contributed by atoms with Crippen LogP contribution in [0.15, 0.2) is 36.4 Å². The summed E-state index contributed by atoms with van der Waals surface area (Å²) in [6, 6.07) is 11.3. The number of methoxy groups -OCH3 is 1. The minimum Gasteiger partial charge on any atom is -0.495 e. The Labute approximate surface area is 158 Å². The lowest BCUT2D eigenvalue weighted by Crippen LogP contribution is -2.39. The van der Waals surface area contributed by atoms with Gasteiger partial charge in [0.25, 0.3) is 0 Å². The molecule has 0 radical (unpaired) electrons. The molecule has 1 N–H and O–H groups in total. The van der Waals surface area contributed by atoms with Crippen LogP contribution < -0.4 is 15.0 Å². The van der Waals surface area contributed by atoms with E-state index in [1.54, 1.807) is 12.1 Å². The fraction of sp³-hybridized carbons (Fsp3) is 0.300. The molecule has 0 unspecified atom stereocenters. The van der Waals surface area contributed by atoms with Crippen LogP contribution >= 0.6 is 11.6 Å². The Hall–Kier alpha value is -2.53. The van der Waals surface area contributed by atoms with Gasteiger partial charge in [0, 0.05) is 24.6 Å². The van der Waals surface area contributed by atoms with Crippen molar-refractivity contribution in [3.05, 3.63) is 58.1 Å². The second kappa shape index (κ2) is 8.72. The molecule has 0 aromatic heterocycles. The van der Waals surface area contributed by atoms with E-state index < -0.39 is 0 Å². The van der Waals surface area contributed by atoms with E-state index in [0.29, 0.717) is 23.0 Å². The summed E-state index contributed by atoms with van der Waals surface area (Å²) in [7, 11) is 1.50. The lowest BCUT2D eigenvalue weighted by molar-refractivity contribution is -0.123. The average Bonchev–Trinajstić information content (AvgIpc) is 2.60. The van der Waals surface area contributed by atoms with Crippen molar-refractivity contribution in [3.8, 4) is 5.75 Å². The van der Waals surface area contributed by atoms with E-state index in [9.17, 15) is 9.59 Å². The predicted octanol–water partition coefficient (Wildman–Crippen LogP) is 3.63. The maximum Gasteiger partial charge on any atom is 0.240 e. The highest BCUT2D eigenvalue weighted by Crippen LogP contribution is 2.33. The van der Waals surface area contributed by atoms with Crippen molar-refractivity contribution in [1.82, 2.24) is 5.32 Å². The molecule has 2 aromatic rings. The zero-order valence-corrected chi connectivity index (χ0v) is 16.2. The van der Waals surface area contributed by atoms with Crippen LogP contribution in [0.25, 0.3) is 0 Å². The number of ether oxygens (including phenoxy) is 1. The van der Waals surface area contributed by atoms with Gasteiger partial charge in [0.2, 0.25) is 11.8 Å². The molecule has 6 heteroatoms. The zero-order valence-electron chi connectivity index (χ0n) is 15.4.